The van der Waals surface area contributed by atoms with Crippen LogP contribution in [0.1, 0.15) is 11.1 Å². The van der Waals surface area contributed by atoms with Crippen LogP contribution in [0.15, 0.2) is 42.6 Å². The highest BCUT2D eigenvalue weighted by molar-refractivity contribution is 7.80. The Labute approximate surface area is 182 Å². The summed E-state index contributed by atoms with van der Waals surface area (Å²) >= 11 is 29.9. The first kappa shape index (κ1) is 20.2. The van der Waals surface area contributed by atoms with Crippen molar-refractivity contribution >= 4 is 75.2 Å². The molecule has 9 heteroatoms. The van der Waals surface area contributed by atoms with E-state index in [4.69, 9.17) is 58.6 Å². The number of benzene rings is 2. The Bertz CT molecular complexity index is 1000. The Hall–Kier alpha value is -1.50. The molecule has 0 saturated heterocycles. The van der Waals surface area contributed by atoms with E-state index in [9.17, 15) is 0 Å². The van der Waals surface area contributed by atoms with Gasteiger partial charge in [0.25, 0.3) is 0 Å². The molecule has 1 aromatic heterocycles. The summed E-state index contributed by atoms with van der Waals surface area (Å²) in [5.74, 6) is 0.443. The average molecular weight is 460 g/mol. The predicted octanol–water partition coefficient (Wildman–Crippen LogP) is 6.66. The molecule has 3 rings (SSSR count). The van der Waals surface area contributed by atoms with E-state index in [0.717, 1.165) is 16.8 Å². The second-order valence-corrected chi connectivity index (χ2v) is 7.82. The predicted molar refractivity (Wildman–Crippen MR) is 119 cm³/mol. The smallest absolute Gasteiger partial charge is 0.176 e. The third kappa shape index (κ3) is 5.06. The number of nitrogens with one attached hydrogen (secondary N) is 2. The minimum Gasteiger partial charge on any atom is -0.332 e. The average Bonchev–Trinajstić information content (AvgIpc) is 2.94. The zero-order valence-electron chi connectivity index (χ0n) is 14.1. The summed E-state index contributed by atoms with van der Waals surface area (Å²) in [6.45, 7) is 2.36. The number of hydrogen-bond acceptors (Lipinski definition) is 2. The number of thiocarbonyl (C=S) groups is 1. The van der Waals surface area contributed by atoms with Crippen molar-refractivity contribution in [2.75, 3.05) is 10.6 Å². The molecule has 2 aromatic carbocycles. The minimum absolute atomic E-state index is 0.358. The third-order valence-corrected chi connectivity index (χ3v) is 5.29. The van der Waals surface area contributed by atoms with Crippen LogP contribution in [0, 0.1) is 6.92 Å². The maximum Gasteiger partial charge on any atom is 0.176 e. The molecule has 0 spiro atoms. The first-order chi connectivity index (χ1) is 12.8. The lowest BCUT2D eigenvalue weighted by atomic mass is 10.2. The first-order valence-corrected chi connectivity index (χ1v) is 9.75. The lowest BCUT2D eigenvalue weighted by molar-refractivity contribution is 0.690. The van der Waals surface area contributed by atoms with Crippen molar-refractivity contribution in [1.82, 2.24) is 9.78 Å². The molecule has 0 unspecified atom stereocenters. The van der Waals surface area contributed by atoms with E-state index >= 15 is 0 Å². The molecule has 27 heavy (non-hydrogen) atoms. The summed E-state index contributed by atoms with van der Waals surface area (Å²) < 4.78 is 1.67. The quantitative estimate of drug-likeness (QED) is 0.428. The minimum atomic E-state index is 0.358. The highest BCUT2D eigenvalue weighted by atomic mass is 35.5. The van der Waals surface area contributed by atoms with Gasteiger partial charge in [0.05, 0.1) is 6.54 Å². The van der Waals surface area contributed by atoms with Gasteiger partial charge in [0.1, 0.15) is 5.02 Å². The molecule has 0 aliphatic carbocycles. The van der Waals surface area contributed by atoms with Gasteiger partial charge in [0.15, 0.2) is 10.9 Å². The molecule has 0 atom stereocenters. The molecule has 0 bridgehead atoms. The van der Waals surface area contributed by atoms with Crippen LogP contribution in [0.3, 0.4) is 0 Å². The molecule has 140 valence electrons. The molecule has 0 fully saturated rings. The van der Waals surface area contributed by atoms with E-state index in [0.29, 0.717) is 37.6 Å². The van der Waals surface area contributed by atoms with E-state index in [-0.39, 0.29) is 0 Å². The fraction of sp³-hybridized carbons (Fsp3) is 0.111. The Morgan fingerprint density at radius 3 is 2.56 bits per heavy atom. The van der Waals surface area contributed by atoms with Crippen molar-refractivity contribution in [3.8, 4) is 0 Å². The molecule has 0 aliphatic rings. The SMILES string of the molecule is Cc1c(Cl)cccc1NC(=S)Nc1nn(Cc2ccc(Cl)cc2Cl)cc1Cl. The number of rotatable bonds is 4. The largest absolute Gasteiger partial charge is 0.332 e. The van der Waals surface area contributed by atoms with E-state index in [1.165, 1.54) is 0 Å². The van der Waals surface area contributed by atoms with E-state index in [1.54, 1.807) is 23.0 Å². The Kier molecular flexibility index (Phi) is 6.50. The van der Waals surface area contributed by atoms with Crippen LogP contribution in [0.5, 0.6) is 0 Å². The van der Waals surface area contributed by atoms with Crippen molar-refractivity contribution in [2.45, 2.75) is 13.5 Å². The summed E-state index contributed by atoms with van der Waals surface area (Å²) in [4.78, 5) is 0. The molecular weight excluding hydrogens is 446 g/mol. The summed E-state index contributed by atoms with van der Waals surface area (Å²) in [6.07, 6.45) is 1.70. The fourth-order valence-corrected chi connectivity index (χ4v) is 3.44. The molecule has 0 aliphatic heterocycles. The molecular formula is C18H14Cl4N4S. The van der Waals surface area contributed by atoms with Crippen molar-refractivity contribution in [3.05, 3.63) is 73.8 Å². The Balaban J connectivity index is 1.71. The van der Waals surface area contributed by atoms with Gasteiger partial charge in [-0.05, 0) is 54.5 Å². The van der Waals surface area contributed by atoms with E-state index in [2.05, 4.69) is 15.7 Å². The van der Waals surface area contributed by atoms with Crippen LogP contribution in [0.4, 0.5) is 11.5 Å². The molecule has 0 saturated carbocycles. The second-order valence-electron chi connectivity index (χ2n) is 5.75. The van der Waals surface area contributed by atoms with Gasteiger partial charge in [-0.2, -0.15) is 5.10 Å². The van der Waals surface area contributed by atoms with Crippen LogP contribution in [0.2, 0.25) is 20.1 Å². The van der Waals surface area contributed by atoms with Crippen LogP contribution < -0.4 is 10.6 Å². The van der Waals surface area contributed by atoms with Gasteiger partial charge in [0.2, 0.25) is 0 Å². The summed E-state index contributed by atoms with van der Waals surface area (Å²) in [5, 5.41) is 13.1. The van der Waals surface area contributed by atoms with Gasteiger partial charge in [-0.15, -0.1) is 0 Å². The standard InChI is InChI=1S/C18H14Cl4N4S/c1-10-13(20)3-2-4-16(10)23-18(27)24-17-15(22)9-26(25-17)8-11-5-6-12(19)7-14(11)21/h2-7,9H,8H2,1H3,(H2,23,24,25,27). The van der Waals surface area contributed by atoms with Crippen molar-refractivity contribution in [3.63, 3.8) is 0 Å². The highest BCUT2D eigenvalue weighted by Crippen LogP contribution is 2.26. The Morgan fingerprint density at radius 2 is 1.81 bits per heavy atom. The molecule has 2 N–H and O–H groups in total. The first-order valence-electron chi connectivity index (χ1n) is 7.83. The number of anilines is 2. The number of aromatic nitrogens is 2. The van der Waals surface area contributed by atoms with E-state index in [1.807, 2.05) is 31.2 Å². The fourth-order valence-electron chi connectivity index (χ4n) is 2.39. The summed E-state index contributed by atoms with van der Waals surface area (Å²) in [6, 6.07) is 10.9. The van der Waals surface area contributed by atoms with Crippen LogP contribution in [-0.2, 0) is 6.54 Å². The van der Waals surface area contributed by atoms with Gasteiger partial charge >= 0.3 is 0 Å². The zero-order chi connectivity index (χ0) is 19.6. The summed E-state index contributed by atoms with van der Waals surface area (Å²) in [5.41, 5.74) is 2.59. The normalized spacial score (nSPS) is 10.7. The molecule has 0 amide bonds. The number of halogens is 4. The zero-order valence-corrected chi connectivity index (χ0v) is 17.9. The van der Waals surface area contributed by atoms with Crippen molar-refractivity contribution in [1.29, 1.82) is 0 Å². The van der Waals surface area contributed by atoms with Crippen LogP contribution in [0.25, 0.3) is 0 Å². The summed E-state index contributed by atoms with van der Waals surface area (Å²) in [7, 11) is 0. The van der Waals surface area contributed by atoms with Gasteiger partial charge in [-0.3, -0.25) is 4.68 Å². The maximum absolute atomic E-state index is 6.27. The molecule has 4 nitrogen and oxygen atoms in total. The molecule has 3 aromatic rings. The van der Waals surface area contributed by atoms with Crippen LogP contribution >= 0.6 is 58.6 Å². The van der Waals surface area contributed by atoms with E-state index < -0.39 is 0 Å². The second kappa shape index (κ2) is 8.67. The number of hydrogen-bond donors (Lipinski definition) is 2. The lowest BCUT2D eigenvalue weighted by Gasteiger charge is -2.12. The van der Waals surface area contributed by atoms with Gasteiger partial charge in [-0.1, -0.05) is 58.5 Å². The molecule has 1 heterocycles. The maximum atomic E-state index is 6.27. The number of nitrogens with zero attached hydrogens (tertiary/aromatic N) is 2. The lowest BCUT2D eigenvalue weighted by Crippen LogP contribution is -2.20. The van der Waals surface area contributed by atoms with Crippen molar-refractivity contribution in [2.24, 2.45) is 0 Å². The molecule has 0 radical (unpaired) electrons. The topological polar surface area (TPSA) is 41.9 Å². The monoisotopic (exact) mass is 458 g/mol. The third-order valence-electron chi connectivity index (χ3n) is 3.81. The van der Waals surface area contributed by atoms with Gasteiger partial charge in [-0.25, -0.2) is 0 Å². The highest BCUT2D eigenvalue weighted by Gasteiger charge is 2.11. The van der Waals surface area contributed by atoms with Gasteiger partial charge in [0, 0.05) is 27.0 Å². The van der Waals surface area contributed by atoms with Crippen LogP contribution in [-0.4, -0.2) is 14.9 Å². The van der Waals surface area contributed by atoms with Crippen molar-refractivity contribution < 1.29 is 0 Å². The Morgan fingerprint density at radius 1 is 1.04 bits per heavy atom. The van der Waals surface area contributed by atoms with Gasteiger partial charge < -0.3 is 10.6 Å².